The molecule has 0 aliphatic carbocycles. The Morgan fingerprint density at radius 3 is 1.36 bits per heavy atom. The second kappa shape index (κ2) is 10.2. The summed E-state index contributed by atoms with van der Waals surface area (Å²) in [4.78, 5) is 0. The minimum atomic E-state index is -1.77. The highest BCUT2D eigenvalue weighted by molar-refractivity contribution is 6.75. The Morgan fingerprint density at radius 1 is 0.680 bits per heavy atom. The first kappa shape index (κ1) is 22.0. The summed E-state index contributed by atoms with van der Waals surface area (Å²) < 4.78 is 13.6. The minimum absolute atomic E-state index is 0.834. The van der Waals surface area contributed by atoms with Crippen molar-refractivity contribution in [2.75, 3.05) is 0 Å². The molecule has 0 spiro atoms. The summed E-state index contributed by atoms with van der Waals surface area (Å²) in [5.74, 6) is 0.834. The number of rotatable bonds is 11. The van der Waals surface area contributed by atoms with E-state index in [0.717, 1.165) is 47.8 Å². The Bertz CT molecular complexity index is 492. The van der Waals surface area contributed by atoms with Crippen LogP contribution in [0.15, 0.2) is 36.3 Å². The van der Waals surface area contributed by atoms with Crippen LogP contribution >= 0.6 is 0 Å². The van der Waals surface area contributed by atoms with Crippen molar-refractivity contribution in [3.05, 3.63) is 41.8 Å². The van der Waals surface area contributed by atoms with E-state index < -0.39 is 16.6 Å². The molecule has 0 saturated heterocycles. The maximum absolute atomic E-state index is 6.79. The van der Waals surface area contributed by atoms with E-state index in [-0.39, 0.29) is 0 Å². The number of hydrogen-bond acceptors (Lipinski definition) is 2. The van der Waals surface area contributed by atoms with Gasteiger partial charge >= 0.3 is 0 Å². The molecule has 1 rings (SSSR count). The van der Waals surface area contributed by atoms with E-state index in [2.05, 4.69) is 78.8 Å². The molecule has 0 aliphatic heterocycles. The van der Waals surface area contributed by atoms with E-state index in [1.54, 1.807) is 0 Å². The molecule has 0 heterocycles. The molecule has 0 N–H and O–H groups in total. The lowest BCUT2D eigenvalue weighted by Gasteiger charge is -2.36. The van der Waals surface area contributed by atoms with Crippen LogP contribution in [0.2, 0.25) is 36.3 Å². The summed E-state index contributed by atoms with van der Waals surface area (Å²) in [7, 11) is -3.55. The van der Waals surface area contributed by atoms with Crippen molar-refractivity contribution in [3.63, 3.8) is 0 Å². The summed E-state index contributed by atoms with van der Waals surface area (Å²) in [6.07, 6.45) is 0. The largest absolute Gasteiger partial charge is 0.520 e. The van der Waals surface area contributed by atoms with Gasteiger partial charge in [0.1, 0.15) is 0 Å². The maximum Gasteiger partial charge on any atom is 0.255 e. The zero-order valence-electron chi connectivity index (χ0n) is 17.4. The zero-order chi connectivity index (χ0) is 18.9. The van der Waals surface area contributed by atoms with Crippen molar-refractivity contribution in [2.24, 2.45) is 0 Å². The molecule has 0 fully saturated rings. The van der Waals surface area contributed by atoms with Gasteiger partial charge in [-0.3, -0.25) is 0 Å². The second-order valence-corrected chi connectivity index (χ2v) is 16.4. The van der Waals surface area contributed by atoms with Crippen molar-refractivity contribution < 1.29 is 8.85 Å². The first-order chi connectivity index (χ1) is 11.9. The molecular formula is C21H38O2Si2. The van der Waals surface area contributed by atoms with Crippen LogP contribution in [0.1, 0.15) is 54.0 Å². The molecule has 1 aromatic carbocycles. The van der Waals surface area contributed by atoms with Crippen molar-refractivity contribution in [3.8, 4) is 0 Å². The van der Waals surface area contributed by atoms with Crippen LogP contribution in [0, 0.1) is 0 Å². The molecule has 0 amide bonds. The fourth-order valence-electron chi connectivity index (χ4n) is 3.31. The van der Waals surface area contributed by atoms with Crippen LogP contribution in [0.3, 0.4) is 0 Å². The lowest BCUT2D eigenvalue weighted by atomic mass is 10.1. The highest BCUT2D eigenvalue weighted by Gasteiger charge is 2.37. The molecule has 0 unspecified atom stereocenters. The first-order valence-corrected chi connectivity index (χ1v) is 15.2. The number of hydrogen-bond donors (Lipinski definition) is 0. The van der Waals surface area contributed by atoms with Gasteiger partial charge in [0, 0.05) is 5.57 Å². The average Bonchev–Trinajstić information content (AvgIpc) is 2.69. The quantitative estimate of drug-likeness (QED) is 0.294. The fraction of sp³-hybridized carbons (Fsp3) is 0.619. The van der Waals surface area contributed by atoms with E-state index in [4.69, 9.17) is 8.85 Å². The van der Waals surface area contributed by atoms with Crippen LogP contribution < -0.4 is 0 Å². The number of benzene rings is 1. The molecule has 0 aromatic heterocycles. The highest BCUT2D eigenvalue weighted by Crippen LogP contribution is 2.34. The smallest absolute Gasteiger partial charge is 0.255 e. The van der Waals surface area contributed by atoms with E-state index >= 15 is 0 Å². The predicted molar refractivity (Wildman–Crippen MR) is 116 cm³/mol. The van der Waals surface area contributed by atoms with Crippen molar-refractivity contribution in [1.29, 1.82) is 0 Å². The lowest BCUT2D eigenvalue weighted by Crippen LogP contribution is -2.41. The van der Waals surface area contributed by atoms with Crippen LogP contribution in [-0.4, -0.2) is 16.6 Å². The van der Waals surface area contributed by atoms with E-state index in [1.165, 1.54) is 5.56 Å². The first-order valence-electron chi connectivity index (χ1n) is 10.1. The molecule has 142 valence electrons. The van der Waals surface area contributed by atoms with Gasteiger partial charge in [0.15, 0.2) is 0 Å². The van der Waals surface area contributed by atoms with Gasteiger partial charge in [-0.25, -0.2) is 0 Å². The Kier molecular flexibility index (Phi) is 9.01. The van der Waals surface area contributed by atoms with Gasteiger partial charge in [-0.15, -0.1) is 0 Å². The third-order valence-corrected chi connectivity index (χ3v) is 15.0. The standard InChI is InChI=1S/C21H38O2Si2/c1-8-24(9-2,10-3)22-21(23-25(11-4,12-5)13-6)19(7)20-17-15-14-16-18-20/h14-18H,8-13H2,1-7H3. The molecule has 4 heteroatoms. The van der Waals surface area contributed by atoms with E-state index in [1.807, 2.05) is 0 Å². The predicted octanol–water partition coefficient (Wildman–Crippen LogP) is 7.42. The van der Waals surface area contributed by atoms with Gasteiger partial charge in [-0.1, -0.05) is 71.9 Å². The Labute approximate surface area is 157 Å². The third-order valence-electron chi connectivity index (χ3n) is 6.00. The van der Waals surface area contributed by atoms with Crippen molar-refractivity contribution >= 4 is 22.2 Å². The van der Waals surface area contributed by atoms with Gasteiger partial charge < -0.3 is 8.85 Å². The average molecular weight is 379 g/mol. The Morgan fingerprint density at radius 2 is 1.04 bits per heavy atom. The molecule has 2 nitrogen and oxygen atoms in total. The normalized spacial score (nSPS) is 12.0. The molecule has 0 radical (unpaired) electrons. The van der Waals surface area contributed by atoms with E-state index in [9.17, 15) is 0 Å². The molecule has 0 aliphatic rings. The molecule has 0 atom stereocenters. The molecule has 25 heavy (non-hydrogen) atoms. The second-order valence-electron chi connectivity index (χ2n) is 6.97. The SMILES string of the molecule is CC[Si](CC)(CC)OC(O[Si](CC)(CC)CC)=C(C)c1ccccc1. The van der Waals surface area contributed by atoms with Crippen molar-refractivity contribution in [2.45, 2.75) is 84.7 Å². The van der Waals surface area contributed by atoms with Crippen LogP contribution in [0.25, 0.3) is 5.57 Å². The minimum Gasteiger partial charge on any atom is -0.520 e. The van der Waals surface area contributed by atoms with Crippen LogP contribution in [-0.2, 0) is 8.85 Å². The summed E-state index contributed by atoms with van der Waals surface area (Å²) in [5, 5.41) is 0. The van der Waals surface area contributed by atoms with Gasteiger partial charge in [-0.05, 0) is 48.8 Å². The molecular weight excluding hydrogens is 340 g/mol. The lowest BCUT2D eigenvalue weighted by molar-refractivity contribution is 0.208. The zero-order valence-corrected chi connectivity index (χ0v) is 19.4. The summed E-state index contributed by atoms with van der Waals surface area (Å²) in [6, 6.07) is 17.3. The monoisotopic (exact) mass is 378 g/mol. The van der Waals surface area contributed by atoms with E-state index in [0.29, 0.717) is 0 Å². The topological polar surface area (TPSA) is 18.5 Å². The maximum atomic E-state index is 6.79. The van der Waals surface area contributed by atoms with Crippen molar-refractivity contribution in [1.82, 2.24) is 0 Å². The molecule has 1 aromatic rings. The summed E-state index contributed by atoms with van der Waals surface area (Å²) in [6.45, 7) is 15.8. The van der Waals surface area contributed by atoms with Crippen LogP contribution in [0.5, 0.6) is 0 Å². The number of allylic oxidation sites excluding steroid dienone is 1. The van der Waals surface area contributed by atoms with Gasteiger partial charge in [0.25, 0.3) is 22.6 Å². The fourth-order valence-corrected chi connectivity index (χ4v) is 8.43. The van der Waals surface area contributed by atoms with Crippen LogP contribution in [0.4, 0.5) is 0 Å². The summed E-state index contributed by atoms with van der Waals surface area (Å²) in [5.41, 5.74) is 2.36. The third kappa shape index (κ3) is 5.48. The highest BCUT2D eigenvalue weighted by atomic mass is 28.4. The van der Waals surface area contributed by atoms with Gasteiger partial charge in [0.2, 0.25) is 0 Å². The van der Waals surface area contributed by atoms with Gasteiger partial charge in [-0.2, -0.15) is 0 Å². The summed E-state index contributed by atoms with van der Waals surface area (Å²) >= 11 is 0. The van der Waals surface area contributed by atoms with Gasteiger partial charge in [0.05, 0.1) is 0 Å². The molecule has 0 saturated carbocycles. The Balaban J connectivity index is 3.36. The molecule has 0 bridgehead atoms. The Hall–Kier alpha value is -1.01.